The predicted octanol–water partition coefficient (Wildman–Crippen LogP) is 1.55. The van der Waals surface area contributed by atoms with E-state index < -0.39 is 5.91 Å². The average molecular weight is 388 g/mol. The number of carbonyl (C=O) groups excluding carboxylic acids is 2. The number of likely N-dealkylation sites (tertiary alicyclic amines) is 1. The van der Waals surface area contributed by atoms with Crippen LogP contribution in [0.1, 0.15) is 45.3 Å². The van der Waals surface area contributed by atoms with Gasteiger partial charge in [-0.3, -0.25) is 14.7 Å². The molecule has 1 aliphatic heterocycles. The number of rotatable bonds is 6. The maximum absolute atomic E-state index is 13.1. The summed E-state index contributed by atoms with van der Waals surface area (Å²) in [6.07, 6.45) is 1.50. The van der Waals surface area contributed by atoms with Crippen LogP contribution in [-0.4, -0.2) is 61.3 Å². The minimum atomic E-state index is -0.560. The maximum Gasteiger partial charge on any atom is 0.269 e. The summed E-state index contributed by atoms with van der Waals surface area (Å²) in [6.45, 7) is 1.15. The second-order valence-electron chi connectivity index (χ2n) is 6.52. The highest BCUT2D eigenvalue weighted by atomic mass is 16.5. The Morgan fingerprint density at radius 2 is 1.79 bits per heavy atom. The summed E-state index contributed by atoms with van der Waals surface area (Å²) in [7, 11) is 4.53. The lowest BCUT2D eigenvalue weighted by atomic mass is 9.93. The number of hydrogen-bond acceptors (Lipinski definition) is 6. The van der Waals surface area contributed by atoms with Gasteiger partial charge in [-0.2, -0.15) is 5.10 Å². The Morgan fingerprint density at radius 3 is 2.32 bits per heavy atom. The molecule has 2 aromatic rings. The van der Waals surface area contributed by atoms with Gasteiger partial charge < -0.3 is 24.8 Å². The quantitative estimate of drug-likeness (QED) is 0.775. The molecule has 1 aromatic carbocycles. The highest BCUT2D eigenvalue weighted by molar-refractivity contribution is 5.98. The Labute approximate surface area is 162 Å². The molecule has 2 heterocycles. The van der Waals surface area contributed by atoms with Gasteiger partial charge in [0.2, 0.25) is 5.75 Å². The number of benzene rings is 1. The third kappa shape index (κ3) is 3.60. The van der Waals surface area contributed by atoms with E-state index >= 15 is 0 Å². The molecule has 0 saturated carbocycles. The molecule has 0 atom stereocenters. The lowest BCUT2D eigenvalue weighted by molar-refractivity contribution is 0.0707. The number of ether oxygens (including phenoxy) is 3. The van der Waals surface area contributed by atoms with Crippen molar-refractivity contribution in [2.24, 2.45) is 5.73 Å². The van der Waals surface area contributed by atoms with Crippen LogP contribution in [0.5, 0.6) is 17.2 Å². The average Bonchev–Trinajstić information content (AvgIpc) is 3.22. The molecular formula is C19H24N4O5. The van der Waals surface area contributed by atoms with Crippen molar-refractivity contribution in [3.05, 3.63) is 35.2 Å². The molecular weight excluding hydrogens is 364 g/mol. The number of nitrogens with two attached hydrogens (primary N) is 1. The van der Waals surface area contributed by atoms with Crippen molar-refractivity contribution in [3.8, 4) is 17.2 Å². The Morgan fingerprint density at radius 1 is 1.11 bits per heavy atom. The summed E-state index contributed by atoms with van der Waals surface area (Å²) < 4.78 is 16.1. The number of aromatic amines is 1. The van der Waals surface area contributed by atoms with Gasteiger partial charge >= 0.3 is 0 Å². The SMILES string of the molecule is COc1ccc(C(=O)N2CCC(c3cc(C(N)=O)n[nH]3)CC2)c(OC)c1OC. The molecule has 1 aliphatic rings. The van der Waals surface area contributed by atoms with E-state index in [0.717, 1.165) is 18.5 Å². The molecule has 0 unspecified atom stereocenters. The number of primary amides is 1. The van der Waals surface area contributed by atoms with Crippen molar-refractivity contribution in [3.63, 3.8) is 0 Å². The largest absolute Gasteiger partial charge is 0.493 e. The standard InChI is InChI=1S/C19H24N4O5/c1-26-15-5-4-12(16(27-2)17(15)28-3)19(25)23-8-6-11(7-9-23)13-10-14(18(20)24)22-21-13/h4-5,10-11H,6-9H2,1-3H3,(H2,20,24)(H,21,22). The van der Waals surface area contributed by atoms with E-state index in [1.807, 2.05) is 0 Å². The van der Waals surface area contributed by atoms with Gasteiger partial charge in [-0.15, -0.1) is 0 Å². The van der Waals surface area contributed by atoms with Gasteiger partial charge in [-0.05, 0) is 31.0 Å². The first-order valence-electron chi connectivity index (χ1n) is 8.93. The van der Waals surface area contributed by atoms with E-state index in [4.69, 9.17) is 19.9 Å². The lowest BCUT2D eigenvalue weighted by Gasteiger charge is -2.32. The Balaban J connectivity index is 1.74. The van der Waals surface area contributed by atoms with Gasteiger partial charge in [0.1, 0.15) is 5.69 Å². The van der Waals surface area contributed by atoms with E-state index in [1.54, 1.807) is 23.1 Å². The lowest BCUT2D eigenvalue weighted by Crippen LogP contribution is -2.38. The maximum atomic E-state index is 13.1. The van der Waals surface area contributed by atoms with Crippen molar-refractivity contribution in [2.75, 3.05) is 34.4 Å². The predicted molar refractivity (Wildman–Crippen MR) is 101 cm³/mol. The first kappa shape index (κ1) is 19.5. The number of amides is 2. The van der Waals surface area contributed by atoms with E-state index in [1.165, 1.54) is 21.3 Å². The third-order valence-electron chi connectivity index (χ3n) is 5.01. The number of piperidine rings is 1. The van der Waals surface area contributed by atoms with Crippen molar-refractivity contribution in [1.82, 2.24) is 15.1 Å². The summed E-state index contributed by atoms with van der Waals surface area (Å²) in [5.41, 5.74) is 6.77. The van der Waals surface area contributed by atoms with Crippen LogP contribution in [0.2, 0.25) is 0 Å². The zero-order valence-electron chi connectivity index (χ0n) is 16.2. The molecule has 150 valence electrons. The van der Waals surface area contributed by atoms with Crippen molar-refractivity contribution in [1.29, 1.82) is 0 Å². The second kappa shape index (κ2) is 8.20. The van der Waals surface area contributed by atoms with Crippen molar-refractivity contribution < 1.29 is 23.8 Å². The number of carbonyl (C=O) groups is 2. The summed E-state index contributed by atoms with van der Waals surface area (Å²) in [5, 5.41) is 6.80. The van der Waals surface area contributed by atoms with Crippen LogP contribution >= 0.6 is 0 Å². The van der Waals surface area contributed by atoms with Gasteiger partial charge in [-0.25, -0.2) is 0 Å². The van der Waals surface area contributed by atoms with Gasteiger partial charge in [0.25, 0.3) is 11.8 Å². The number of aromatic nitrogens is 2. The summed E-state index contributed by atoms with van der Waals surface area (Å²) in [4.78, 5) is 26.0. The van der Waals surface area contributed by atoms with Crippen LogP contribution < -0.4 is 19.9 Å². The van der Waals surface area contributed by atoms with Crippen molar-refractivity contribution in [2.45, 2.75) is 18.8 Å². The van der Waals surface area contributed by atoms with Crippen LogP contribution in [0, 0.1) is 0 Å². The van der Waals surface area contributed by atoms with Gasteiger partial charge in [0, 0.05) is 24.7 Å². The second-order valence-corrected chi connectivity index (χ2v) is 6.52. The van der Waals surface area contributed by atoms with E-state index in [-0.39, 0.29) is 17.5 Å². The molecule has 9 heteroatoms. The molecule has 1 fully saturated rings. The molecule has 0 radical (unpaired) electrons. The molecule has 2 amide bonds. The highest BCUT2D eigenvalue weighted by Gasteiger charge is 2.29. The molecule has 3 rings (SSSR count). The Bertz CT molecular complexity index is 871. The minimum absolute atomic E-state index is 0.126. The normalized spacial score (nSPS) is 14.6. The fraction of sp³-hybridized carbons (Fsp3) is 0.421. The number of H-pyrrole nitrogens is 1. The van der Waals surface area contributed by atoms with Crippen LogP contribution in [0.15, 0.2) is 18.2 Å². The van der Waals surface area contributed by atoms with E-state index in [0.29, 0.717) is 35.9 Å². The van der Waals surface area contributed by atoms with Gasteiger partial charge in [-0.1, -0.05) is 0 Å². The number of nitrogens with one attached hydrogen (secondary N) is 1. The molecule has 0 aliphatic carbocycles. The number of hydrogen-bond donors (Lipinski definition) is 2. The first-order valence-corrected chi connectivity index (χ1v) is 8.93. The summed E-state index contributed by atoms with van der Waals surface area (Å²) >= 11 is 0. The number of nitrogens with zero attached hydrogens (tertiary/aromatic N) is 2. The van der Waals surface area contributed by atoms with Crippen molar-refractivity contribution >= 4 is 11.8 Å². The molecule has 1 saturated heterocycles. The topological polar surface area (TPSA) is 120 Å². The van der Waals surface area contributed by atoms with Crippen LogP contribution in [0.3, 0.4) is 0 Å². The van der Waals surface area contributed by atoms with Crippen LogP contribution in [-0.2, 0) is 0 Å². The zero-order valence-corrected chi connectivity index (χ0v) is 16.2. The fourth-order valence-corrected chi connectivity index (χ4v) is 3.51. The van der Waals surface area contributed by atoms with E-state index in [9.17, 15) is 9.59 Å². The minimum Gasteiger partial charge on any atom is -0.493 e. The van der Waals surface area contributed by atoms with Gasteiger partial charge in [0.05, 0.1) is 26.9 Å². The molecule has 9 nitrogen and oxygen atoms in total. The Hall–Kier alpha value is -3.23. The molecule has 3 N–H and O–H groups in total. The van der Waals surface area contributed by atoms with Crippen LogP contribution in [0.25, 0.3) is 0 Å². The Kier molecular flexibility index (Phi) is 5.72. The van der Waals surface area contributed by atoms with Crippen LogP contribution in [0.4, 0.5) is 0 Å². The summed E-state index contributed by atoms with van der Waals surface area (Å²) in [6, 6.07) is 5.06. The first-order chi connectivity index (χ1) is 13.5. The molecule has 28 heavy (non-hydrogen) atoms. The number of methoxy groups -OCH3 is 3. The molecule has 1 aromatic heterocycles. The summed E-state index contributed by atoms with van der Waals surface area (Å²) in [5.74, 6) is 0.751. The molecule has 0 bridgehead atoms. The fourth-order valence-electron chi connectivity index (χ4n) is 3.51. The van der Waals surface area contributed by atoms with E-state index in [2.05, 4.69) is 10.2 Å². The zero-order chi connectivity index (χ0) is 20.3. The highest BCUT2D eigenvalue weighted by Crippen LogP contribution is 2.40. The van der Waals surface area contributed by atoms with Gasteiger partial charge in [0.15, 0.2) is 11.5 Å². The molecule has 0 spiro atoms. The third-order valence-corrected chi connectivity index (χ3v) is 5.01. The monoisotopic (exact) mass is 388 g/mol. The smallest absolute Gasteiger partial charge is 0.269 e.